The number of carboxylic acids is 1. The minimum absolute atomic E-state index is 0.0803. The van der Waals surface area contributed by atoms with Crippen LogP contribution >= 0.6 is 0 Å². The van der Waals surface area contributed by atoms with Crippen molar-refractivity contribution in [2.75, 3.05) is 13.2 Å². The van der Waals surface area contributed by atoms with Gasteiger partial charge in [-0.3, -0.25) is 4.79 Å². The molecule has 0 aliphatic heterocycles. The van der Waals surface area contributed by atoms with Gasteiger partial charge in [0.25, 0.3) is 0 Å². The zero-order valence-electron chi connectivity index (χ0n) is 19.1. The predicted molar refractivity (Wildman–Crippen MR) is 117 cm³/mol. The average Bonchev–Trinajstić information content (AvgIpc) is 2.58. The molecule has 0 saturated heterocycles. The molecule has 0 saturated carbocycles. The van der Waals surface area contributed by atoms with E-state index in [1.807, 2.05) is 0 Å². The van der Waals surface area contributed by atoms with E-state index < -0.39 is 12.3 Å². The molecule has 0 spiro atoms. The van der Waals surface area contributed by atoms with E-state index in [0.717, 1.165) is 38.5 Å². The van der Waals surface area contributed by atoms with Gasteiger partial charge in [-0.2, -0.15) is 0 Å². The molecule has 2 atom stereocenters. The van der Waals surface area contributed by atoms with Crippen LogP contribution < -0.4 is 0 Å². The van der Waals surface area contributed by atoms with Crippen molar-refractivity contribution in [1.82, 2.24) is 0 Å². The smallest absolute Gasteiger partial charge is 0.303 e. The summed E-state index contributed by atoms with van der Waals surface area (Å²) in [5.41, 5.74) is 2.72. The Morgan fingerprint density at radius 1 is 0.786 bits per heavy atom. The maximum atomic E-state index is 10.9. The number of aliphatic carboxylic acids is 1. The molecular formula is C24H44O4. The number of carbonyl (C=O) groups is 1. The van der Waals surface area contributed by atoms with Crippen molar-refractivity contribution >= 4 is 5.97 Å². The molecule has 4 nitrogen and oxygen atoms in total. The molecule has 28 heavy (non-hydrogen) atoms. The molecule has 0 bridgehead atoms. The van der Waals surface area contributed by atoms with E-state index >= 15 is 0 Å². The van der Waals surface area contributed by atoms with Crippen LogP contribution in [0, 0.1) is 11.8 Å². The second-order valence-corrected chi connectivity index (χ2v) is 8.61. The van der Waals surface area contributed by atoms with Crippen molar-refractivity contribution in [3.05, 3.63) is 23.3 Å². The van der Waals surface area contributed by atoms with Gasteiger partial charge < -0.3 is 14.6 Å². The molecule has 0 aromatic rings. The molecule has 164 valence electrons. The number of hydrogen-bond acceptors (Lipinski definition) is 3. The van der Waals surface area contributed by atoms with Crippen LogP contribution in [0.4, 0.5) is 0 Å². The third-order valence-corrected chi connectivity index (χ3v) is 4.85. The zero-order valence-corrected chi connectivity index (χ0v) is 19.1. The molecule has 0 heterocycles. The van der Waals surface area contributed by atoms with E-state index in [4.69, 9.17) is 14.6 Å². The number of hydrogen-bond donors (Lipinski definition) is 1. The summed E-state index contributed by atoms with van der Waals surface area (Å²) in [4.78, 5) is 10.9. The molecule has 0 aliphatic carbocycles. The molecular weight excluding hydrogens is 352 g/mol. The van der Waals surface area contributed by atoms with E-state index in [9.17, 15) is 4.79 Å². The molecule has 0 amide bonds. The zero-order chi connectivity index (χ0) is 21.4. The van der Waals surface area contributed by atoms with Crippen LogP contribution in [-0.2, 0) is 14.3 Å². The van der Waals surface area contributed by atoms with Crippen LogP contribution in [0.25, 0.3) is 0 Å². The van der Waals surface area contributed by atoms with Crippen LogP contribution in [0.2, 0.25) is 0 Å². The molecule has 0 aliphatic rings. The first-order chi connectivity index (χ1) is 13.2. The third-order valence-electron chi connectivity index (χ3n) is 4.85. The highest BCUT2D eigenvalue weighted by Gasteiger charge is 2.13. The van der Waals surface area contributed by atoms with Crippen molar-refractivity contribution < 1.29 is 19.4 Å². The summed E-state index contributed by atoms with van der Waals surface area (Å²) in [6, 6.07) is 0. The Labute approximate surface area is 173 Å². The standard InChI is InChI=1S/C24H44O4/c1-19(2)9-7-11-21(5)15-17-27-24(14-13-23(25)26)28-18-16-22(6)12-8-10-20(3)4/h9-10,21-22,24H,7-8,11-18H2,1-6H3,(H,25,26). The summed E-state index contributed by atoms with van der Waals surface area (Å²) in [6.07, 6.45) is 11.1. The van der Waals surface area contributed by atoms with Gasteiger partial charge in [-0.1, -0.05) is 37.1 Å². The number of allylic oxidation sites excluding steroid dienone is 4. The highest BCUT2D eigenvalue weighted by molar-refractivity contribution is 5.66. The van der Waals surface area contributed by atoms with E-state index in [1.54, 1.807) is 0 Å². The fraction of sp³-hybridized carbons (Fsp3) is 0.792. The van der Waals surface area contributed by atoms with Gasteiger partial charge in [-0.05, 0) is 78.1 Å². The minimum atomic E-state index is -0.803. The van der Waals surface area contributed by atoms with Crippen LogP contribution in [0.3, 0.4) is 0 Å². The lowest BCUT2D eigenvalue weighted by Gasteiger charge is -2.20. The SMILES string of the molecule is CC(C)=CCCC(C)CCOC(CCC(=O)O)OCCC(C)CCC=C(C)C. The van der Waals surface area contributed by atoms with Crippen molar-refractivity contribution in [3.63, 3.8) is 0 Å². The van der Waals surface area contributed by atoms with Crippen molar-refractivity contribution in [2.45, 2.75) is 99.2 Å². The van der Waals surface area contributed by atoms with Gasteiger partial charge in [0.15, 0.2) is 6.29 Å². The summed E-state index contributed by atoms with van der Waals surface area (Å²) in [6.45, 7) is 14.2. The van der Waals surface area contributed by atoms with E-state index in [-0.39, 0.29) is 6.42 Å². The Balaban J connectivity index is 4.15. The predicted octanol–water partition coefficient (Wildman–Crippen LogP) is 6.76. The van der Waals surface area contributed by atoms with Crippen molar-refractivity contribution in [1.29, 1.82) is 0 Å². The first-order valence-corrected chi connectivity index (χ1v) is 10.9. The van der Waals surface area contributed by atoms with E-state index in [1.165, 1.54) is 11.1 Å². The van der Waals surface area contributed by atoms with Gasteiger partial charge in [0.1, 0.15) is 0 Å². The lowest BCUT2D eigenvalue weighted by Crippen LogP contribution is -2.21. The van der Waals surface area contributed by atoms with Crippen LogP contribution in [0.1, 0.15) is 92.9 Å². The lowest BCUT2D eigenvalue weighted by atomic mass is 10.0. The fourth-order valence-corrected chi connectivity index (χ4v) is 2.86. The number of ether oxygens (including phenoxy) is 2. The summed E-state index contributed by atoms with van der Waals surface area (Å²) in [5.74, 6) is 0.374. The van der Waals surface area contributed by atoms with Crippen molar-refractivity contribution in [3.8, 4) is 0 Å². The second kappa shape index (κ2) is 16.8. The van der Waals surface area contributed by atoms with E-state index in [2.05, 4.69) is 53.7 Å². The minimum Gasteiger partial charge on any atom is -0.481 e. The van der Waals surface area contributed by atoms with Crippen molar-refractivity contribution in [2.24, 2.45) is 11.8 Å². The average molecular weight is 397 g/mol. The summed E-state index contributed by atoms with van der Waals surface area (Å²) in [7, 11) is 0. The molecule has 1 N–H and O–H groups in total. The molecule has 0 aromatic heterocycles. The highest BCUT2D eigenvalue weighted by atomic mass is 16.7. The summed E-state index contributed by atoms with van der Waals surface area (Å²) < 4.78 is 11.7. The Hall–Kier alpha value is -1.13. The van der Waals surface area contributed by atoms with Crippen LogP contribution in [-0.4, -0.2) is 30.6 Å². The monoisotopic (exact) mass is 396 g/mol. The molecule has 2 unspecified atom stereocenters. The van der Waals surface area contributed by atoms with Gasteiger partial charge in [-0.25, -0.2) is 0 Å². The van der Waals surface area contributed by atoms with Crippen LogP contribution in [0.15, 0.2) is 23.3 Å². The topological polar surface area (TPSA) is 55.8 Å². The number of carboxylic acid groups (broad SMARTS) is 1. The molecule has 0 rings (SSSR count). The lowest BCUT2D eigenvalue weighted by molar-refractivity contribution is -0.158. The number of rotatable bonds is 17. The Morgan fingerprint density at radius 2 is 1.21 bits per heavy atom. The normalized spacial score (nSPS) is 14.2. The quantitative estimate of drug-likeness (QED) is 0.218. The Bertz CT molecular complexity index is 425. The third kappa shape index (κ3) is 18.2. The summed E-state index contributed by atoms with van der Waals surface area (Å²) >= 11 is 0. The van der Waals surface area contributed by atoms with Gasteiger partial charge in [-0.15, -0.1) is 0 Å². The Morgan fingerprint density at radius 3 is 1.57 bits per heavy atom. The summed E-state index contributed by atoms with van der Waals surface area (Å²) in [5, 5.41) is 8.95. The first kappa shape index (κ1) is 26.9. The Kier molecular flexibility index (Phi) is 16.1. The highest BCUT2D eigenvalue weighted by Crippen LogP contribution is 2.16. The van der Waals surface area contributed by atoms with Gasteiger partial charge in [0, 0.05) is 19.6 Å². The molecule has 0 radical (unpaired) electrons. The fourth-order valence-electron chi connectivity index (χ4n) is 2.86. The van der Waals surface area contributed by atoms with Gasteiger partial charge in [0.2, 0.25) is 0 Å². The molecule has 0 fully saturated rings. The molecule has 0 aromatic carbocycles. The van der Waals surface area contributed by atoms with Gasteiger partial charge >= 0.3 is 5.97 Å². The van der Waals surface area contributed by atoms with Crippen LogP contribution in [0.5, 0.6) is 0 Å². The maximum absolute atomic E-state index is 10.9. The van der Waals surface area contributed by atoms with Gasteiger partial charge in [0.05, 0.1) is 6.42 Å². The molecule has 4 heteroatoms. The maximum Gasteiger partial charge on any atom is 0.303 e. The van der Waals surface area contributed by atoms with E-state index in [0.29, 0.717) is 31.5 Å². The largest absolute Gasteiger partial charge is 0.481 e. The first-order valence-electron chi connectivity index (χ1n) is 10.9. The second-order valence-electron chi connectivity index (χ2n) is 8.61.